The minimum absolute atomic E-state index is 0.117. The second kappa shape index (κ2) is 8.20. The molecule has 3 fully saturated rings. The number of fused-ring (bicyclic) bond motifs is 5. The van der Waals surface area contributed by atoms with Gasteiger partial charge in [0.15, 0.2) is 5.79 Å². The van der Waals surface area contributed by atoms with Gasteiger partial charge in [-0.2, -0.15) is 0 Å². The average Bonchev–Trinajstić information content (AvgIpc) is 3.13. The van der Waals surface area contributed by atoms with Crippen LogP contribution in [0.25, 0.3) is 0 Å². The van der Waals surface area contributed by atoms with Crippen molar-refractivity contribution in [2.75, 3.05) is 0 Å². The molecule has 7 atom stereocenters. The molecule has 1 aromatic carbocycles. The molecule has 0 heterocycles. The molecule has 2 N–H and O–H groups in total. The van der Waals surface area contributed by atoms with Crippen LogP contribution in [0.2, 0.25) is 0 Å². The summed E-state index contributed by atoms with van der Waals surface area (Å²) in [5.74, 6) is 1.42. The van der Waals surface area contributed by atoms with Gasteiger partial charge in [-0.1, -0.05) is 44.6 Å². The van der Waals surface area contributed by atoms with Crippen molar-refractivity contribution in [1.82, 2.24) is 0 Å². The number of allylic oxidation sites excluding steroid dienone is 1. The van der Waals surface area contributed by atoms with E-state index in [1.807, 2.05) is 19.1 Å². The van der Waals surface area contributed by atoms with E-state index in [0.717, 1.165) is 37.7 Å². The summed E-state index contributed by atoms with van der Waals surface area (Å²) in [4.78, 5) is 12.9. The van der Waals surface area contributed by atoms with Crippen molar-refractivity contribution in [2.45, 2.75) is 97.9 Å². The van der Waals surface area contributed by atoms with E-state index in [2.05, 4.69) is 26.8 Å². The summed E-state index contributed by atoms with van der Waals surface area (Å²) >= 11 is 0. The van der Waals surface area contributed by atoms with Gasteiger partial charge in [0.05, 0.1) is 6.61 Å². The molecule has 4 nitrogen and oxygen atoms in total. The number of aliphatic hydroxyl groups is 1. The second-order valence-electron chi connectivity index (χ2n) is 12.3. The summed E-state index contributed by atoms with van der Waals surface area (Å²) in [5.41, 5.74) is 2.44. The van der Waals surface area contributed by atoms with E-state index >= 15 is 0 Å². The molecule has 0 aromatic heterocycles. The minimum atomic E-state index is -1.13. The molecule has 0 amide bonds. The largest absolute Gasteiger partial charge is 0.508 e. The molecular weight excluding hydrogens is 424 g/mol. The van der Waals surface area contributed by atoms with Crippen LogP contribution in [0.15, 0.2) is 35.9 Å². The van der Waals surface area contributed by atoms with Crippen LogP contribution in [0, 0.1) is 34.0 Å². The number of carbonyl (C=O) groups excluding carboxylic acids is 1. The van der Waals surface area contributed by atoms with Crippen molar-refractivity contribution in [3.8, 4) is 5.75 Å². The number of Topliss-reactive ketones (excluding diaryl/α,β-unsaturated/α-hetero) is 1. The summed E-state index contributed by atoms with van der Waals surface area (Å²) in [7, 11) is 0. The smallest absolute Gasteiger partial charge is 0.169 e. The third-order valence-electron chi connectivity index (χ3n) is 11.2. The van der Waals surface area contributed by atoms with Gasteiger partial charge >= 0.3 is 0 Å². The summed E-state index contributed by atoms with van der Waals surface area (Å²) in [6, 6.07) is 7.00. The predicted molar refractivity (Wildman–Crippen MR) is 133 cm³/mol. The van der Waals surface area contributed by atoms with E-state index < -0.39 is 5.79 Å². The fraction of sp³-hybridized carbons (Fsp3) is 0.700. The SMILES string of the molecule is CC[C@]1(C(C)=O)CC[C@H]2[C@@H]3CC=C4CC(O)(OCc5ccc(O)cc5)CC[C@]4(C)[C@H]3CC[C@@]21C. The molecule has 1 unspecified atom stereocenters. The second-order valence-corrected chi connectivity index (χ2v) is 12.3. The van der Waals surface area contributed by atoms with Gasteiger partial charge in [0.1, 0.15) is 11.5 Å². The van der Waals surface area contributed by atoms with Crippen LogP contribution in [0.3, 0.4) is 0 Å². The lowest BCUT2D eigenvalue weighted by Crippen LogP contribution is -2.55. The molecule has 4 heteroatoms. The van der Waals surface area contributed by atoms with Crippen molar-refractivity contribution in [3.05, 3.63) is 41.5 Å². The predicted octanol–water partition coefficient (Wildman–Crippen LogP) is 6.55. The zero-order valence-electron chi connectivity index (χ0n) is 21.4. The first-order valence-corrected chi connectivity index (χ1v) is 13.4. The van der Waals surface area contributed by atoms with Gasteiger partial charge < -0.3 is 14.9 Å². The van der Waals surface area contributed by atoms with Crippen LogP contribution in [-0.4, -0.2) is 21.8 Å². The molecule has 0 spiro atoms. The van der Waals surface area contributed by atoms with Gasteiger partial charge in [0.25, 0.3) is 0 Å². The number of carbonyl (C=O) groups is 1. The van der Waals surface area contributed by atoms with Gasteiger partial charge in [-0.15, -0.1) is 0 Å². The van der Waals surface area contributed by atoms with E-state index in [9.17, 15) is 15.0 Å². The molecule has 3 saturated carbocycles. The number of phenols is 1. The fourth-order valence-electron chi connectivity index (χ4n) is 9.09. The third-order valence-corrected chi connectivity index (χ3v) is 11.2. The van der Waals surface area contributed by atoms with Crippen molar-refractivity contribution < 1.29 is 19.7 Å². The van der Waals surface area contributed by atoms with Gasteiger partial charge in [-0.25, -0.2) is 0 Å². The lowest BCUT2D eigenvalue weighted by atomic mass is 9.45. The first kappa shape index (κ1) is 24.1. The topological polar surface area (TPSA) is 66.8 Å². The van der Waals surface area contributed by atoms with Crippen LogP contribution in [0.5, 0.6) is 5.75 Å². The lowest BCUT2D eigenvalue weighted by Gasteiger charge is -2.60. The Bertz CT molecular complexity index is 982. The Morgan fingerprint density at radius 3 is 2.44 bits per heavy atom. The minimum Gasteiger partial charge on any atom is -0.508 e. The normalized spacial score (nSPS) is 43.4. The number of aromatic hydroxyl groups is 1. The Hall–Kier alpha value is -1.65. The number of ketones is 1. The maximum absolute atomic E-state index is 12.9. The van der Waals surface area contributed by atoms with Crippen molar-refractivity contribution >= 4 is 5.78 Å². The van der Waals surface area contributed by atoms with E-state index in [4.69, 9.17) is 4.74 Å². The molecule has 1 aromatic rings. The molecule has 4 aliphatic rings. The zero-order valence-corrected chi connectivity index (χ0v) is 21.4. The number of ether oxygens (including phenoxy) is 1. The maximum Gasteiger partial charge on any atom is 0.169 e. The number of benzene rings is 1. The number of phenolic OH excluding ortho intramolecular Hbond substituents is 1. The summed E-state index contributed by atoms with van der Waals surface area (Å²) < 4.78 is 6.08. The van der Waals surface area contributed by atoms with Gasteiger partial charge in [0, 0.05) is 18.3 Å². The molecule has 34 heavy (non-hydrogen) atoms. The first-order valence-electron chi connectivity index (χ1n) is 13.4. The fourth-order valence-corrected chi connectivity index (χ4v) is 9.09. The monoisotopic (exact) mass is 466 g/mol. The van der Waals surface area contributed by atoms with Gasteiger partial charge in [-0.3, -0.25) is 4.79 Å². The average molecular weight is 467 g/mol. The first-order chi connectivity index (χ1) is 16.1. The third kappa shape index (κ3) is 3.43. The number of rotatable bonds is 5. The maximum atomic E-state index is 12.9. The van der Waals surface area contributed by atoms with E-state index in [1.54, 1.807) is 12.1 Å². The highest BCUT2D eigenvalue weighted by Crippen LogP contribution is 2.70. The highest BCUT2D eigenvalue weighted by molar-refractivity contribution is 5.83. The van der Waals surface area contributed by atoms with E-state index in [-0.39, 0.29) is 22.0 Å². The number of hydrogen-bond donors (Lipinski definition) is 2. The van der Waals surface area contributed by atoms with Crippen LogP contribution in [0.4, 0.5) is 0 Å². The summed E-state index contributed by atoms with van der Waals surface area (Å²) in [6.45, 7) is 9.28. The number of hydrogen-bond acceptors (Lipinski definition) is 4. The van der Waals surface area contributed by atoms with E-state index in [0.29, 0.717) is 43.0 Å². The zero-order chi connectivity index (χ0) is 24.4. The molecule has 0 aliphatic heterocycles. The summed E-state index contributed by atoms with van der Waals surface area (Å²) in [6.07, 6.45) is 11.2. The Morgan fingerprint density at radius 2 is 1.76 bits per heavy atom. The van der Waals surface area contributed by atoms with Gasteiger partial charge in [-0.05, 0) is 98.1 Å². The Balaban J connectivity index is 1.35. The Kier molecular flexibility index (Phi) is 5.80. The highest BCUT2D eigenvalue weighted by Gasteiger charge is 2.65. The highest BCUT2D eigenvalue weighted by atomic mass is 16.6. The van der Waals surface area contributed by atoms with Crippen molar-refractivity contribution in [3.63, 3.8) is 0 Å². The Morgan fingerprint density at radius 1 is 1.06 bits per heavy atom. The van der Waals surface area contributed by atoms with Crippen LogP contribution in [-0.2, 0) is 16.1 Å². The molecule has 0 bridgehead atoms. The standard InChI is InChI=1S/C30H42O4/c1-5-29(20(2)31)15-13-26-24-11-8-22-18-30(33,34-19-21-6-9-23(32)10-7-21)17-16-27(22,3)25(24)12-14-28(26,29)4/h6-10,24-26,32-33H,5,11-19H2,1-4H3/t24-,25+,26+,27+,28+,29-,30?/m1/s1. The molecule has 186 valence electrons. The quantitative estimate of drug-likeness (QED) is 0.382. The molecular formula is C30H42O4. The lowest BCUT2D eigenvalue weighted by molar-refractivity contribution is -0.231. The van der Waals surface area contributed by atoms with Crippen LogP contribution < -0.4 is 0 Å². The van der Waals surface area contributed by atoms with Crippen molar-refractivity contribution in [1.29, 1.82) is 0 Å². The van der Waals surface area contributed by atoms with Crippen molar-refractivity contribution in [2.24, 2.45) is 34.0 Å². The van der Waals surface area contributed by atoms with Gasteiger partial charge in [0.2, 0.25) is 0 Å². The molecule has 0 radical (unpaired) electrons. The summed E-state index contributed by atoms with van der Waals surface area (Å²) in [5, 5.41) is 20.8. The molecule has 0 saturated heterocycles. The molecule has 4 aliphatic carbocycles. The molecule has 5 rings (SSSR count). The van der Waals surface area contributed by atoms with Crippen LogP contribution >= 0.6 is 0 Å². The van der Waals surface area contributed by atoms with Crippen LogP contribution in [0.1, 0.15) is 91.0 Å². The Labute approximate surface area is 204 Å². The van der Waals surface area contributed by atoms with E-state index in [1.165, 1.54) is 18.4 Å².